The zero-order valence-electron chi connectivity index (χ0n) is 14.5. The van der Waals surface area contributed by atoms with Crippen LogP contribution in [0.25, 0.3) is 0 Å². The van der Waals surface area contributed by atoms with Gasteiger partial charge in [0.2, 0.25) is 0 Å². The molecular formula is C15H28N4O2S. The van der Waals surface area contributed by atoms with Crippen molar-refractivity contribution >= 4 is 29.4 Å². The van der Waals surface area contributed by atoms with E-state index in [4.69, 9.17) is 4.74 Å². The molecule has 0 spiro atoms. The van der Waals surface area contributed by atoms with Crippen LogP contribution < -0.4 is 0 Å². The molecule has 0 radical (unpaired) electrons. The second-order valence-electron chi connectivity index (χ2n) is 6.55. The van der Waals surface area contributed by atoms with Crippen LogP contribution in [0.5, 0.6) is 0 Å². The van der Waals surface area contributed by atoms with E-state index in [-0.39, 0.29) is 12.1 Å². The number of ether oxygens (including phenoxy) is 1. The quantitative estimate of drug-likeness (QED) is 0.578. The van der Waals surface area contributed by atoms with Crippen molar-refractivity contribution < 1.29 is 9.53 Å². The van der Waals surface area contributed by atoms with Crippen molar-refractivity contribution in [1.82, 2.24) is 9.80 Å². The highest BCUT2D eigenvalue weighted by Gasteiger charge is 2.27. The first-order valence-corrected chi connectivity index (χ1v) is 8.74. The lowest BCUT2D eigenvalue weighted by atomic mass is 10.1. The molecule has 1 aliphatic heterocycles. The minimum atomic E-state index is -0.465. The molecule has 0 saturated carbocycles. The molecule has 0 aliphatic carbocycles. The fraction of sp³-hybridized carbons (Fsp3) is 0.800. The maximum absolute atomic E-state index is 12.1. The number of aliphatic imine (C=N–C) groups is 2. The number of amidine groups is 1. The molecule has 1 fully saturated rings. The van der Waals surface area contributed by atoms with E-state index in [0.717, 1.165) is 24.6 Å². The van der Waals surface area contributed by atoms with Crippen LogP contribution >= 0.6 is 11.8 Å². The minimum absolute atomic E-state index is 0.0861. The Hall–Kier alpha value is -1.24. The van der Waals surface area contributed by atoms with Gasteiger partial charge >= 0.3 is 6.09 Å². The van der Waals surface area contributed by atoms with E-state index in [9.17, 15) is 4.79 Å². The van der Waals surface area contributed by atoms with Crippen LogP contribution in [0.1, 0.15) is 33.6 Å². The zero-order valence-corrected chi connectivity index (χ0v) is 15.3. The topological polar surface area (TPSA) is 57.5 Å². The first-order valence-electron chi connectivity index (χ1n) is 7.51. The van der Waals surface area contributed by atoms with Crippen molar-refractivity contribution in [2.24, 2.45) is 9.98 Å². The molecule has 1 heterocycles. The number of nitrogens with zero attached hydrogens (tertiary/aromatic N) is 4. The number of piperidine rings is 1. The summed E-state index contributed by atoms with van der Waals surface area (Å²) in [6.07, 6.45) is 5.35. The van der Waals surface area contributed by atoms with Crippen molar-refractivity contribution in [3.8, 4) is 0 Å². The number of carbonyl (C=O) groups excluding carboxylic acids is 1. The van der Waals surface area contributed by atoms with Crippen molar-refractivity contribution in [2.45, 2.75) is 45.3 Å². The summed E-state index contributed by atoms with van der Waals surface area (Å²) in [6, 6.07) is 0.0861. The van der Waals surface area contributed by atoms with Crippen LogP contribution in [0.4, 0.5) is 4.79 Å². The Morgan fingerprint density at radius 2 is 2.09 bits per heavy atom. The Balaban J connectivity index is 2.67. The molecular weight excluding hydrogens is 300 g/mol. The van der Waals surface area contributed by atoms with E-state index in [1.54, 1.807) is 11.2 Å². The summed E-state index contributed by atoms with van der Waals surface area (Å²) in [6.45, 7) is 6.97. The van der Waals surface area contributed by atoms with Gasteiger partial charge in [0, 0.05) is 27.2 Å². The maximum Gasteiger partial charge on any atom is 0.410 e. The molecule has 6 nitrogen and oxygen atoms in total. The summed E-state index contributed by atoms with van der Waals surface area (Å²) in [7, 11) is 3.85. The lowest BCUT2D eigenvalue weighted by molar-refractivity contribution is 0.0201. The fourth-order valence-corrected chi connectivity index (χ4v) is 2.42. The average molecular weight is 328 g/mol. The largest absolute Gasteiger partial charge is 0.444 e. The fourth-order valence-electron chi connectivity index (χ4n) is 2.01. The Labute approximate surface area is 138 Å². The van der Waals surface area contributed by atoms with Crippen LogP contribution in [-0.2, 0) is 4.74 Å². The third kappa shape index (κ3) is 7.15. The van der Waals surface area contributed by atoms with Crippen molar-refractivity contribution in [1.29, 1.82) is 0 Å². The Morgan fingerprint density at radius 3 is 2.64 bits per heavy atom. The van der Waals surface area contributed by atoms with Crippen LogP contribution in [0.15, 0.2) is 9.98 Å². The molecule has 1 aliphatic rings. The van der Waals surface area contributed by atoms with E-state index in [2.05, 4.69) is 9.98 Å². The smallest absolute Gasteiger partial charge is 0.410 e. The van der Waals surface area contributed by atoms with Crippen LogP contribution in [-0.4, -0.2) is 72.5 Å². The van der Waals surface area contributed by atoms with Gasteiger partial charge in [-0.05, 0) is 39.9 Å². The van der Waals surface area contributed by atoms with Gasteiger partial charge in [0.1, 0.15) is 5.60 Å². The molecule has 0 bridgehead atoms. The molecule has 126 valence electrons. The highest BCUT2D eigenvalue weighted by Crippen LogP contribution is 2.18. The molecule has 1 atom stereocenters. The monoisotopic (exact) mass is 328 g/mol. The SMILES string of the molecule is CSC(N=CN(C)C)=N[C@@H]1CCCN(C(=O)OC(C)(C)C)C1. The normalized spacial score (nSPS) is 20.4. The van der Waals surface area contributed by atoms with Gasteiger partial charge in [-0.2, -0.15) is 0 Å². The molecule has 1 rings (SSSR count). The molecule has 0 aromatic carbocycles. The summed E-state index contributed by atoms with van der Waals surface area (Å²) >= 11 is 1.52. The zero-order chi connectivity index (χ0) is 16.8. The van der Waals surface area contributed by atoms with E-state index in [0.29, 0.717) is 6.54 Å². The third-order valence-corrected chi connectivity index (χ3v) is 3.50. The highest BCUT2D eigenvalue weighted by molar-refractivity contribution is 8.13. The maximum atomic E-state index is 12.1. The van der Waals surface area contributed by atoms with Gasteiger partial charge in [0.05, 0.1) is 12.4 Å². The number of hydrogen-bond donors (Lipinski definition) is 0. The second-order valence-corrected chi connectivity index (χ2v) is 7.32. The third-order valence-electron chi connectivity index (χ3n) is 2.92. The van der Waals surface area contributed by atoms with Crippen LogP contribution in [0.3, 0.4) is 0 Å². The number of rotatable bonds is 2. The lowest BCUT2D eigenvalue weighted by Crippen LogP contribution is -2.44. The summed E-state index contributed by atoms with van der Waals surface area (Å²) in [4.78, 5) is 24.8. The summed E-state index contributed by atoms with van der Waals surface area (Å²) in [5.41, 5.74) is -0.465. The number of hydrogen-bond acceptors (Lipinski definition) is 4. The lowest BCUT2D eigenvalue weighted by Gasteiger charge is -2.32. The minimum Gasteiger partial charge on any atom is -0.444 e. The summed E-state index contributed by atoms with van der Waals surface area (Å²) in [5, 5.41) is 0.740. The Bertz CT molecular complexity index is 430. The number of carbonyl (C=O) groups is 1. The van der Waals surface area contributed by atoms with E-state index in [1.165, 1.54) is 11.8 Å². The first kappa shape index (κ1) is 18.8. The van der Waals surface area contributed by atoms with Crippen molar-refractivity contribution in [2.75, 3.05) is 33.4 Å². The molecule has 1 amide bonds. The highest BCUT2D eigenvalue weighted by atomic mass is 32.2. The number of likely N-dealkylation sites (tertiary alicyclic amines) is 1. The van der Waals surface area contributed by atoms with Crippen molar-refractivity contribution in [3.05, 3.63) is 0 Å². The standard InChI is InChI=1S/C15H28N4O2S/c1-15(2,3)21-14(20)19-9-7-8-12(10-19)17-13(22-6)16-11-18(4)5/h11-12H,7-10H2,1-6H3/t12-/m1/s1. The second kappa shape index (κ2) is 8.41. The van der Waals surface area contributed by atoms with Gasteiger partial charge in [-0.25, -0.2) is 9.79 Å². The molecule has 7 heteroatoms. The first-order chi connectivity index (χ1) is 10.2. The van der Waals surface area contributed by atoms with E-state index < -0.39 is 5.60 Å². The van der Waals surface area contributed by atoms with Gasteiger partial charge < -0.3 is 14.5 Å². The molecule has 1 saturated heterocycles. The van der Waals surface area contributed by atoms with Gasteiger partial charge in [-0.1, -0.05) is 11.8 Å². The van der Waals surface area contributed by atoms with Crippen LogP contribution in [0, 0.1) is 0 Å². The molecule has 0 aromatic rings. The molecule has 0 aromatic heterocycles. The number of thioether (sulfide) groups is 1. The molecule has 0 N–H and O–H groups in total. The van der Waals surface area contributed by atoms with Gasteiger partial charge in [0.25, 0.3) is 0 Å². The Morgan fingerprint density at radius 1 is 1.41 bits per heavy atom. The molecule has 22 heavy (non-hydrogen) atoms. The van der Waals surface area contributed by atoms with Gasteiger partial charge in [0.15, 0.2) is 5.17 Å². The summed E-state index contributed by atoms with van der Waals surface area (Å²) in [5.74, 6) is 0. The van der Waals surface area contributed by atoms with E-state index >= 15 is 0 Å². The van der Waals surface area contributed by atoms with Crippen LogP contribution in [0.2, 0.25) is 0 Å². The Kier molecular flexibility index (Phi) is 7.19. The predicted molar refractivity (Wildman–Crippen MR) is 94.0 cm³/mol. The van der Waals surface area contributed by atoms with Gasteiger partial charge in [-0.3, -0.25) is 4.99 Å². The van der Waals surface area contributed by atoms with Crippen molar-refractivity contribution in [3.63, 3.8) is 0 Å². The molecule has 0 unspecified atom stereocenters. The summed E-state index contributed by atoms with van der Waals surface area (Å²) < 4.78 is 5.43. The predicted octanol–water partition coefficient (Wildman–Crippen LogP) is 2.69. The number of amides is 1. The van der Waals surface area contributed by atoms with E-state index in [1.807, 2.05) is 46.0 Å². The van der Waals surface area contributed by atoms with Gasteiger partial charge in [-0.15, -0.1) is 0 Å². The average Bonchev–Trinajstić information content (AvgIpc) is 2.41.